The van der Waals surface area contributed by atoms with Crippen LogP contribution in [0.3, 0.4) is 0 Å². The highest BCUT2D eigenvalue weighted by molar-refractivity contribution is 6.00. The zero-order chi connectivity index (χ0) is 12.7. The summed E-state index contributed by atoms with van der Waals surface area (Å²) in [6.45, 7) is 5.29. The van der Waals surface area contributed by atoms with Gasteiger partial charge >= 0.3 is 0 Å². The van der Waals surface area contributed by atoms with Crippen molar-refractivity contribution in [3.05, 3.63) is 36.8 Å². The van der Waals surface area contributed by atoms with Crippen molar-refractivity contribution in [2.75, 3.05) is 0 Å². The Hall–Kier alpha value is -2.10. The van der Waals surface area contributed by atoms with Crippen LogP contribution in [0.5, 0.6) is 0 Å². The third kappa shape index (κ3) is 1.61. The van der Waals surface area contributed by atoms with Crippen LogP contribution in [0, 0.1) is 5.92 Å². The smallest absolute Gasteiger partial charge is 0.266 e. The number of pyridine rings is 1. The summed E-state index contributed by atoms with van der Waals surface area (Å²) < 4.78 is 3.30. The molecule has 0 unspecified atom stereocenters. The minimum absolute atomic E-state index is 0.558. The number of fused-ring (bicyclic) bond motifs is 3. The van der Waals surface area contributed by atoms with Gasteiger partial charge < -0.3 is 4.57 Å². The molecule has 0 spiro atoms. The molecule has 0 saturated carbocycles. The van der Waals surface area contributed by atoms with Crippen LogP contribution in [0.4, 0.5) is 0 Å². The fraction of sp³-hybridized carbons (Fsp3) is 0.286. The van der Waals surface area contributed by atoms with Gasteiger partial charge in [-0.25, -0.2) is 4.98 Å². The predicted molar refractivity (Wildman–Crippen MR) is 69.5 cm³/mol. The number of aromatic nitrogens is 3. The first-order chi connectivity index (χ1) is 8.66. The molecule has 0 aliphatic heterocycles. The predicted octanol–water partition coefficient (Wildman–Crippen LogP) is 2.37. The molecule has 4 heteroatoms. The molecule has 2 aromatic heterocycles. The lowest BCUT2D eigenvalue weighted by atomic mass is 10.1. The van der Waals surface area contributed by atoms with Crippen LogP contribution >= 0.6 is 0 Å². The fourth-order valence-electron chi connectivity index (χ4n) is 2.38. The topological polar surface area (TPSA) is 41.9 Å². The van der Waals surface area contributed by atoms with Crippen molar-refractivity contribution in [3.63, 3.8) is 0 Å². The average Bonchev–Trinajstić information content (AvgIpc) is 2.72. The van der Waals surface area contributed by atoms with Gasteiger partial charge in [0.05, 0.1) is 17.2 Å². The molecule has 3 rings (SSSR count). The maximum Gasteiger partial charge on any atom is 0.266 e. The summed E-state index contributed by atoms with van der Waals surface area (Å²) in [5, 5.41) is 11.0. The van der Waals surface area contributed by atoms with Crippen molar-refractivity contribution in [1.82, 2.24) is 9.55 Å². The highest BCUT2D eigenvalue weighted by Crippen LogP contribution is 2.22. The summed E-state index contributed by atoms with van der Waals surface area (Å²) in [6.07, 6.45) is 3.51. The summed E-state index contributed by atoms with van der Waals surface area (Å²) in [5.74, 6) is 0.558. The number of nitrogens with zero attached hydrogens (tertiary/aromatic N) is 3. The van der Waals surface area contributed by atoms with E-state index in [9.17, 15) is 5.21 Å². The minimum Gasteiger partial charge on any atom is -0.329 e. The van der Waals surface area contributed by atoms with Crippen molar-refractivity contribution in [3.8, 4) is 0 Å². The van der Waals surface area contributed by atoms with E-state index in [2.05, 4.69) is 23.4 Å². The van der Waals surface area contributed by atoms with Crippen LogP contribution < -0.4 is 4.73 Å². The van der Waals surface area contributed by atoms with Crippen molar-refractivity contribution in [2.24, 2.45) is 5.92 Å². The van der Waals surface area contributed by atoms with Gasteiger partial charge in [-0.3, -0.25) is 5.21 Å². The Morgan fingerprint density at radius 1 is 1.33 bits per heavy atom. The third-order valence-corrected chi connectivity index (χ3v) is 3.08. The second-order valence-electron chi connectivity index (χ2n) is 5.02. The number of benzene rings is 1. The first-order valence-electron chi connectivity index (χ1n) is 6.14. The molecule has 0 radical (unpaired) electrons. The van der Waals surface area contributed by atoms with Gasteiger partial charge in [0.1, 0.15) is 0 Å². The molecule has 92 valence electrons. The van der Waals surface area contributed by atoms with Crippen LogP contribution in [-0.4, -0.2) is 14.8 Å². The largest absolute Gasteiger partial charge is 0.329 e. The summed E-state index contributed by atoms with van der Waals surface area (Å²) in [4.78, 5) is 4.36. The minimum atomic E-state index is 0.558. The molecule has 0 aliphatic carbocycles. The van der Waals surface area contributed by atoms with E-state index in [1.54, 1.807) is 6.20 Å². The van der Waals surface area contributed by atoms with E-state index in [-0.39, 0.29) is 0 Å². The van der Waals surface area contributed by atoms with Crippen molar-refractivity contribution in [2.45, 2.75) is 20.4 Å². The molecule has 0 saturated heterocycles. The molecule has 0 atom stereocenters. The Bertz CT molecular complexity index is 715. The second kappa shape index (κ2) is 3.98. The van der Waals surface area contributed by atoms with Gasteiger partial charge in [0, 0.05) is 17.3 Å². The van der Waals surface area contributed by atoms with Gasteiger partial charge in [-0.05, 0) is 12.0 Å². The van der Waals surface area contributed by atoms with Gasteiger partial charge in [-0.2, -0.15) is 0 Å². The Balaban J connectivity index is 2.39. The van der Waals surface area contributed by atoms with E-state index in [1.165, 1.54) is 0 Å². The summed E-state index contributed by atoms with van der Waals surface area (Å²) in [7, 11) is 0. The van der Waals surface area contributed by atoms with Gasteiger partial charge in [-0.1, -0.05) is 26.0 Å². The Kier molecular flexibility index (Phi) is 2.44. The molecular formula is C14H16N3O+. The van der Waals surface area contributed by atoms with Crippen LogP contribution in [0.1, 0.15) is 13.8 Å². The summed E-state index contributed by atoms with van der Waals surface area (Å²) >= 11 is 0. The molecule has 2 heterocycles. The van der Waals surface area contributed by atoms with E-state index in [0.717, 1.165) is 33.2 Å². The molecule has 3 aromatic rings. The first kappa shape index (κ1) is 11.0. The Labute approximate surface area is 105 Å². The van der Waals surface area contributed by atoms with Crippen LogP contribution in [0.15, 0.2) is 36.8 Å². The van der Waals surface area contributed by atoms with Crippen LogP contribution in [-0.2, 0) is 6.54 Å². The number of hydrogen-bond donors (Lipinski definition) is 1. The normalized spacial score (nSPS) is 11.7. The summed E-state index contributed by atoms with van der Waals surface area (Å²) in [6, 6.07) is 7.82. The third-order valence-electron chi connectivity index (χ3n) is 3.08. The van der Waals surface area contributed by atoms with Gasteiger partial charge in [0.15, 0.2) is 5.52 Å². The van der Waals surface area contributed by atoms with Crippen LogP contribution in [0.2, 0.25) is 0 Å². The second-order valence-corrected chi connectivity index (χ2v) is 5.02. The molecule has 4 nitrogen and oxygen atoms in total. The number of rotatable bonds is 2. The van der Waals surface area contributed by atoms with Gasteiger partial charge in [0.2, 0.25) is 0 Å². The van der Waals surface area contributed by atoms with Gasteiger partial charge in [-0.15, -0.1) is 0 Å². The van der Waals surface area contributed by atoms with E-state index in [0.29, 0.717) is 5.92 Å². The lowest BCUT2D eigenvalue weighted by molar-refractivity contribution is -0.883. The van der Waals surface area contributed by atoms with E-state index in [4.69, 9.17) is 0 Å². The monoisotopic (exact) mass is 242 g/mol. The molecule has 1 aromatic carbocycles. The molecular weight excluding hydrogens is 226 g/mol. The van der Waals surface area contributed by atoms with E-state index < -0.39 is 0 Å². The highest BCUT2D eigenvalue weighted by Gasteiger charge is 2.16. The van der Waals surface area contributed by atoms with Crippen LogP contribution in [0.25, 0.3) is 21.9 Å². The maximum absolute atomic E-state index is 9.93. The molecule has 18 heavy (non-hydrogen) atoms. The highest BCUT2D eigenvalue weighted by atomic mass is 16.5. The maximum atomic E-state index is 9.93. The standard InChI is InChI=1S/C14H16N3O/c1-10(2)7-16-9-15-12-8-17(18)13-6-4-3-5-11(13)14(12)16/h3-6,8-10,18H,7H2,1-2H3/q+1. The Morgan fingerprint density at radius 2 is 2.11 bits per heavy atom. The quantitative estimate of drug-likeness (QED) is 0.553. The van der Waals surface area contributed by atoms with Gasteiger partial charge in [0.25, 0.3) is 11.7 Å². The average molecular weight is 242 g/mol. The number of para-hydroxylation sites is 1. The number of hydrogen-bond acceptors (Lipinski definition) is 2. The Morgan fingerprint density at radius 3 is 2.89 bits per heavy atom. The molecule has 0 fully saturated rings. The zero-order valence-corrected chi connectivity index (χ0v) is 10.5. The molecule has 0 amide bonds. The zero-order valence-electron chi connectivity index (χ0n) is 10.5. The fourth-order valence-corrected chi connectivity index (χ4v) is 2.38. The SMILES string of the molecule is CC(C)Cn1cnc2c[n+](O)c3ccccc3c21. The van der Waals surface area contributed by atoms with Crippen molar-refractivity contribution >= 4 is 21.9 Å². The molecule has 1 N–H and O–H groups in total. The number of imidazole rings is 1. The molecule has 0 aliphatic rings. The summed E-state index contributed by atoms with van der Waals surface area (Å²) in [5.41, 5.74) is 2.71. The van der Waals surface area contributed by atoms with E-state index >= 15 is 0 Å². The van der Waals surface area contributed by atoms with E-state index in [1.807, 2.05) is 30.6 Å². The van der Waals surface area contributed by atoms with Crippen molar-refractivity contribution in [1.29, 1.82) is 0 Å². The first-order valence-corrected chi connectivity index (χ1v) is 6.14. The van der Waals surface area contributed by atoms with Crippen molar-refractivity contribution < 1.29 is 9.94 Å². The lowest BCUT2D eigenvalue weighted by Gasteiger charge is -2.07. The molecule has 0 bridgehead atoms. The lowest BCUT2D eigenvalue weighted by Crippen LogP contribution is -2.30.